The van der Waals surface area contributed by atoms with Gasteiger partial charge in [-0.2, -0.15) is 0 Å². The summed E-state index contributed by atoms with van der Waals surface area (Å²) in [6.07, 6.45) is 1.91. The average Bonchev–Trinajstić information content (AvgIpc) is 2.87. The minimum atomic E-state index is 0.0559. The van der Waals surface area contributed by atoms with Crippen LogP contribution in [0.2, 0.25) is 0 Å². The smallest absolute Gasteiger partial charge is 0.176 e. The summed E-state index contributed by atoms with van der Waals surface area (Å²) in [6.45, 7) is 1.59. The Morgan fingerprint density at radius 3 is 2.70 bits per heavy atom. The Hall–Kier alpha value is -2.55. The number of rotatable bonds is 3. The molecule has 3 rings (SSSR count). The maximum atomic E-state index is 11.8. The van der Waals surface area contributed by atoms with Crippen molar-refractivity contribution in [2.24, 2.45) is 0 Å². The molecule has 3 aromatic rings. The number of carbonyl (C=O) groups excluding carboxylic acids is 1. The zero-order valence-electron chi connectivity index (χ0n) is 11.5. The molecule has 0 bridgehead atoms. The Morgan fingerprint density at radius 2 is 1.95 bits per heavy atom. The lowest BCUT2D eigenvalue weighted by Gasteiger charge is -2.04. The van der Waals surface area contributed by atoms with Crippen LogP contribution in [0.3, 0.4) is 0 Å². The number of ether oxygens (including phenoxy) is 1. The standard InChI is InChI=1S/C17H15NO2/c1-12(19)17-11-15(16-8-3-4-9-18(16)17)13-6-5-7-14(10-13)20-2/h3-11H,1-2H3. The predicted octanol–water partition coefficient (Wildman–Crippen LogP) is 3.82. The van der Waals surface area contributed by atoms with Gasteiger partial charge in [-0.1, -0.05) is 18.2 Å². The molecule has 0 unspecified atom stereocenters. The van der Waals surface area contributed by atoms with Crippen LogP contribution >= 0.6 is 0 Å². The van der Waals surface area contributed by atoms with Crippen molar-refractivity contribution in [1.29, 1.82) is 0 Å². The molecule has 1 aromatic carbocycles. The largest absolute Gasteiger partial charge is 0.497 e. The Kier molecular flexibility index (Phi) is 3.03. The molecular formula is C17H15NO2. The topological polar surface area (TPSA) is 30.7 Å². The molecule has 0 aliphatic rings. The monoisotopic (exact) mass is 265 g/mol. The van der Waals surface area contributed by atoms with Gasteiger partial charge in [0.25, 0.3) is 0 Å². The fraction of sp³-hybridized carbons (Fsp3) is 0.118. The number of Topliss-reactive ketones (excluding diaryl/α,β-unsaturated/α-hetero) is 1. The highest BCUT2D eigenvalue weighted by Crippen LogP contribution is 2.30. The molecule has 3 nitrogen and oxygen atoms in total. The van der Waals surface area contributed by atoms with Crippen LogP contribution < -0.4 is 4.74 Å². The zero-order chi connectivity index (χ0) is 14.1. The van der Waals surface area contributed by atoms with Crippen molar-refractivity contribution in [3.63, 3.8) is 0 Å². The SMILES string of the molecule is COc1cccc(-c2cc(C(C)=O)n3ccccc23)c1. The number of ketones is 1. The molecule has 2 aromatic heterocycles. The van der Waals surface area contributed by atoms with Crippen LogP contribution in [0.1, 0.15) is 17.4 Å². The van der Waals surface area contributed by atoms with Gasteiger partial charge in [0.05, 0.1) is 18.3 Å². The van der Waals surface area contributed by atoms with Crippen LogP contribution in [-0.4, -0.2) is 17.3 Å². The summed E-state index contributed by atoms with van der Waals surface area (Å²) >= 11 is 0. The van der Waals surface area contributed by atoms with Gasteiger partial charge in [0.1, 0.15) is 5.75 Å². The molecule has 100 valence electrons. The molecule has 0 saturated heterocycles. The number of benzene rings is 1. The molecular weight excluding hydrogens is 250 g/mol. The summed E-state index contributed by atoms with van der Waals surface area (Å²) in [5.41, 5.74) is 3.79. The highest BCUT2D eigenvalue weighted by molar-refractivity contribution is 5.98. The molecule has 20 heavy (non-hydrogen) atoms. The van der Waals surface area contributed by atoms with E-state index in [1.807, 2.05) is 59.1 Å². The van der Waals surface area contributed by atoms with E-state index in [1.54, 1.807) is 14.0 Å². The quantitative estimate of drug-likeness (QED) is 0.674. The molecule has 0 spiro atoms. The van der Waals surface area contributed by atoms with Gasteiger partial charge < -0.3 is 9.14 Å². The Morgan fingerprint density at radius 1 is 1.10 bits per heavy atom. The van der Waals surface area contributed by atoms with Crippen LogP contribution in [0, 0.1) is 0 Å². The number of fused-ring (bicyclic) bond motifs is 1. The number of pyridine rings is 1. The summed E-state index contributed by atoms with van der Waals surface area (Å²) in [7, 11) is 1.65. The minimum Gasteiger partial charge on any atom is -0.497 e. The Labute approximate surface area is 117 Å². The summed E-state index contributed by atoms with van der Waals surface area (Å²) in [5, 5.41) is 0. The molecule has 0 aliphatic heterocycles. The second-order valence-electron chi connectivity index (χ2n) is 4.69. The third kappa shape index (κ3) is 1.97. The van der Waals surface area contributed by atoms with E-state index in [1.165, 1.54) is 0 Å². The van der Waals surface area contributed by atoms with Crippen molar-refractivity contribution >= 4 is 11.3 Å². The van der Waals surface area contributed by atoms with Gasteiger partial charge >= 0.3 is 0 Å². The van der Waals surface area contributed by atoms with Gasteiger partial charge in [-0.05, 0) is 35.9 Å². The molecule has 0 fully saturated rings. The van der Waals surface area contributed by atoms with Crippen LogP contribution in [0.15, 0.2) is 54.7 Å². The lowest BCUT2D eigenvalue weighted by atomic mass is 10.1. The van der Waals surface area contributed by atoms with E-state index >= 15 is 0 Å². The first-order valence-electron chi connectivity index (χ1n) is 6.46. The summed E-state index contributed by atoms with van der Waals surface area (Å²) in [6, 6.07) is 15.7. The average molecular weight is 265 g/mol. The molecule has 0 aliphatic carbocycles. The molecule has 0 N–H and O–H groups in total. The van der Waals surface area contributed by atoms with Crippen molar-refractivity contribution in [3.05, 3.63) is 60.4 Å². The van der Waals surface area contributed by atoms with Crippen LogP contribution in [0.25, 0.3) is 16.6 Å². The van der Waals surface area contributed by atoms with Crippen LogP contribution in [0.5, 0.6) is 5.75 Å². The predicted molar refractivity (Wildman–Crippen MR) is 79.4 cm³/mol. The molecule has 0 atom stereocenters. The van der Waals surface area contributed by atoms with Crippen LogP contribution in [-0.2, 0) is 0 Å². The number of carbonyl (C=O) groups is 1. The molecule has 0 radical (unpaired) electrons. The van der Waals surface area contributed by atoms with Crippen LogP contribution in [0.4, 0.5) is 0 Å². The second kappa shape index (κ2) is 4.85. The zero-order valence-corrected chi connectivity index (χ0v) is 11.5. The lowest BCUT2D eigenvalue weighted by molar-refractivity contribution is 0.101. The number of aromatic nitrogens is 1. The number of nitrogens with zero attached hydrogens (tertiary/aromatic N) is 1. The number of hydrogen-bond acceptors (Lipinski definition) is 2. The van der Waals surface area contributed by atoms with E-state index in [0.717, 1.165) is 22.4 Å². The molecule has 0 saturated carbocycles. The van der Waals surface area contributed by atoms with E-state index in [9.17, 15) is 4.79 Å². The summed E-state index contributed by atoms with van der Waals surface area (Å²) < 4.78 is 7.20. The van der Waals surface area contributed by atoms with E-state index < -0.39 is 0 Å². The van der Waals surface area contributed by atoms with Crippen molar-refractivity contribution in [2.45, 2.75) is 6.92 Å². The molecule has 0 amide bonds. The Balaban J connectivity index is 2.28. The molecule has 3 heteroatoms. The first-order chi connectivity index (χ1) is 9.70. The van der Waals surface area contributed by atoms with Gasteiger partial charge in [-0.3, -0.25) is 4.79 Å². The maximum absolute atomic E-state index is 11.8. The highest BCUT2D eigenvalue weighted by Gasteiger charge is 2.13. The minimum absolute atomic E-state index is 0.0559. The summed E-state index contributed by atoms with van der Waals surface area (Å²) in [4.78, 5) is 11.8. The van der Waals surface area contributed by atoms with Gasteiger partial charge in [0.15, 0.2) is 5.78 Å². The van der Waals surface area contributed by atoms with E-state index in [4.69, 9.17) is 4.74 Å². The lowest BCUT2D eigenvalue weighted by Crippen LogP contribution is -1.96. The number of methoxy groups -OCH3 is 1. The van der Waals surface area contributed by atoms with Crippen molar-refractivity contribution in [2.75, 3.05) is 7.11 Å². The van der Waals surface area contributed by atoms with Gasteiger partial charge in [-0.15, -0.1) is 0 Å². The third-order valence-electron chi connectivity index (χ3n) is 3.42. The molecule has 2 heterocycles. The highest BCUT2D eigenvalue weighted by atomic mass is 16.5. The van der Waals surface area contributed by atoms with Crippen molar-refractivity contribution < 1.29 is 9.53 Å². The normalized spacial score (nSPS) is 10.7. The fourth-order valence-electron chi connectivity index (χ4n) is 2.45. The Bertz CT molecular complexity index is 787. The van der Waals surface area contributed by atoms with Crippen molar-refractivity contribution in [3.8, 4) is 16.9 Å². The first-order valence-corrected chi connectivity index (χ1v) is 6.46. The van der Waals surface area contributed by atoms with Gasteiger partial charge in [0, 0.05) is 18.7 Å². The fourth-order valence-corrected chi connectivity index (χ4v) is 2.45. The number of hydrogen-bond donors (Lipinski definition) is 0. The first kappa shape index (κ1) is 12.5. The van der Waals surface area contributed by atoms with E-state index in [0.29, 0.717) is 5.69 Å². The summed E-state index contributed by atoms with van der Waals surface area (Å²) in [5.74, 6) is 0.863. The van der Waals surface area contributed by atoms with E-state index in [-0.39, 0.29) is 5.78 Å². The second-order valence-corrected chi connectivity index (χ2v) is 4.69. The van der Waals surface area contributed by atoms with Gasteiger partial charge in [-0.25, -0.2) is 0 Å². The third-order valence-corrected chi connectivity index (χ3v) is 3.42. The maximum Gasteiger partial charge on any atom is 0.176 e. The van der Waals surface area contributed by atoms with E-state index in [2.05, 4.69) is 0 Å². The van der Waals surface area contributed by atoms with Gasteiger partial charge in [0.2, 0.25) is 0 Å². The van der Waals surface area contributed by atoms with Crippen molar-refractivity contribution in [1.82, 2.24) is 4.40 Å².